The van der Waals surface area contributed by atoms with Crippen LogP contribution in [0, 0.1) is 11.3 Å². The number of hydrogen-bond acceptors (Lipinski definition) is 2. The topological polar surface area (TPSA) is 37.3 Å². The highest BCUT2D eigenvalue weighted by atomic mass is 19.4. The van der Waals surface area contributed by atoms with Crippen molar-refractivity contribution in [2.24, 2.45) is 11.3 Å². The van der Waals surface area contributed by atoms with Crippen molar-refractivity contribution in [1.82, 2.24) is 0 Å². The maximum atomic E-state index is 12.5. The van der Waals surface area contributed by atoms with Crippen molar-refractivity contribution in [1.29, 1.82) is 0 Å². The normalized spacial score (nSPS) is 14.2. The van der Waals surface area contributed by atoms with Gasteiger partial charge in [0.1, 0.15) is 11.2 Å². The van der Waals surface area contributed by atoms with E-state index in [-0.39, 0.29) is 6.42 Å². The van der Waals surface area contributed by atoms with Gasteiger partial charge in [0.2, 0.25) is 0 Å². The van der Waals surface area contributed by atoms with E-state index in [1.165, 1.54) is 0 Å². The minimum atomic E-state index is -4.58. The number of carbonyl (C=O) groups is 1. The summed E-state index contributed by atoms with van der Waals surface area (Å²) in [5, 5.41) is 9.37. The smallest absolute Gasteiger partial charge is 0.400 e. The molecule has 0 spiro atoms. The molecule has 0 heterocycles. The van der Waals surface area contributed by atoms with E-state index in [9.17, 15) is 23.1 Å². The van der Waals surface area contributed by atoms with Crippen molar-refractivity contribution in [2.45, 2.75) is 46.7 Å². The summed E-state index contributed by atoms with van der Waals surface area (Å²) in [6.45, 7) is 5.51. The van der Waals surface area contributed by atoms with Crippen LogP contribution in [-0.2, 0) is 4.79 Å². The van der Waals surface area contributed by atoms with E-state index in [1.807, 2.05) is 13.8 Å². The van der Waals surface area contributed by atoms with E-state index in [2.05, 4.69) is 0 Å². The Labute approximate surface area is 99.5 Å². The van der Waals surface area contributed by atoms with E-state index in [1.54, 1.807) is 0 Å². The first-order valence-electron chi connectivity index (χ1n) is 5.49. The van der Waals surface area contributed by atoms with Crippen LogP contribution in [0.2, 0.25) is 0 Å². The number of hydrogen-bond donors (Lipinski definition) is 1. The summed E-state index contributed by atoms with van der Waals surface area (Å²) < 4.78 is 37.6. The molecule has 0 atom stereocenters. The Balaban J connectivity index is 4.70. The van der Waals surface area contributed by atoms with E-state index in [0.29, 0.717) is 18.4 Å². The van der Waals surface area contributed by atoms with Crippen LogP contribution in [0.15, 0.2) is 11.8 Å². The lowest BCUT2D eigenvalue weighted by atomic mass is 9.89. The third-order valence-corrected chi connectivity index (χ3v) is 2.61. The van der Waals surface area contributed by atoms with Gasteiger partial charge in [-0.15, -0.1) is 0 Å². The van der Waals surface area contributed by atoms with Crippen LogP contribution in [0.25, 0.3) is 0 Å². The zero-order chi connectivity index (χ0) is 13.9. The molecule has 0 rings (SSSR count). The van der Waals surface area contributed by atoms with E-state index >= 15 is 0 Å². The Morgan fingerprint density at radius 2 is 1.76 bits per heavy atom. The zero-order valence-corrected chi connectivity index (χ0v) is 10.6. The van der Waals surface area contributed by atoms with Gasteiger partial charge in [-0.2, -0.15) is 13.2 Å². The molecule has 0 radical (unpaired) electrons. The van der Waals surface area contributed by atoms with E-state index in [0.717, 1.165) is 13.8 Å². The van der Waals surface area contributed by atoms with Crippen LogP contribution >= 0.6 is 0 Å². The highest BCUT2D eigenvalue weighted by molar-refractivity contribution is 5.90. The molecule has 100 valence electrons. The SMILES string of the molecule is CC(C)CCC(=O)C=C(O)C(C)(C)C(F)(F)F. The van der Waals surface area contributed by atoms with Crippen molar-refractivity contribution in [3.63, 3.8) is 0 Å². The fourth-order valence-corrected chi connectivity index (χ4v) is 0.981. The number of alkyl halides is 3. The molecule has 0 fully saturated rings. The number of rotatable bonds is 5. The Hall–Kier alpha value is -1.00. The van der Waals surface area contributed by atoms with Crippen LogP contribution in [0.1, 0.15) is 40.5 Å². The van der Waals surface area contributed by atoms with Gasteiger partial charge in [-0.05, 0) is 26.2 Å². The van der Waals surface area contributed by atoms with Crippen molar-refractivity contribution in [3.05, 3.63) is 11.8 Å². The lowest BCUT2D eigenvalue weighted by Gasteiger charge is -2.26. The summed E-state index contributed by atoms with van der Waals surface area (Å²) in [5.41, 5.74) is -2.39. The predicted molar refractivity (Wildman–Crippen MR) is 59.6 cm³/mol. The van der Waals surface area contributed by atoms with Crippen molar-refractivity contribution in [3.8, 4) is 0 Å². The maximum Gasteiger partial charge on any atom is 0.400 e. The predicted octanol–water partition coefficient (Wildman–Crippen LogP) is 4.02. The largest absolute Gasteiger partial charge is 0.511 e. The number of ketones is 1. The minimum absolute atomic E-state index is 0.148. The van der Waals surface area contributed by atoms with Crippen LogP contribution in [0.3, 0.4) is 0 Å². The lowest BCUT2D eigenvalue weighted by molar-refractivity contribution is -0.206. The van der Waals surface area contributed by atoms with Gasteiger partial charge in [0.05, 0.1) is 0 Å². The van der Waals surface area contributed by atoms with Gasteiger partial charge >= 0.3 is 6.18 Å². The first kappa shape index (κ1) is 16.0. The molecule has 0 aliphatic rings. The van der Waals surface area contributed by atoms with Crippen LogP contribution in [0.4, 0.5) is 13.2 Å². The molecule has 0 aromatic heterocycles. The minimum Gasteiger partial charge on any atom is -0.511 e. The molecule has 0 aliphatic carbocycles. The van der Waals surface area contributed by atoms with Gasteiger partial charge in [0, 0.05) is 12.5 Å². The number of aliphatic hydroxyl groups excluding tert-OH is 1. The quantitative estimate of drug-likeness (QED) is 0.592. The zero-order valence-electron chi connectivity index (χ0n) is 10.6. The Bertz CT molecular complexity index is 301. The van der Waals surface area contributed by atoms with Gasteiger partial charge in [-0.1, -0.05) is 13.8 Å². The molecule has 1 N–H and O–H groups in total. The third-order valence-electron chi connectivity index (χ3n) is 2.61. The highest BCUT2D eigenvalue weighted by Gasteiger charge is 2.50. The summed E-state index contributed by atoms with van der Waals surface area (Å²) in [4.78, 5) is 11.3. The number of allylic oxidation sites excluding steroid dienone is 2. The molecule has 0 unspecified atom stereocenters. The number of carbonyl (C=O) groups excluding carboxylic acids is 1. The summed E-state index contributed by atoms with van der Waals surface area (Å²) >= 11 is 0. The molecule has 0 saturated carbocycles. The molecule has 0 saturated heterocycles. The molecule has 0 amide bonds. The first-order chi connectivity index (χ1) is 7.48. The Morgan fingerprint density at radius 1 is 1.29 bits per heavy atom. The Kier molecular flexibility index (Phi) is 5.23. The molecule has 0 aromatic rings. The molecule has 0 bridgehead atoms. The molecular formula is C12H19F3O2. The molecule has 17 heavy (non-hydrogen) atoms. The fraction of sp³-hybridized carbons (Fsp3) is 0.750. The molecule has 0 aromatic carbocycles. The summed E-state index contributed by atoms with van der Waals surface area (Å²) in [5.74, 6) is -1.11. The van der Waals surface area contributed by atoms with Crippen molar-refractivity contribution >= 4 is 5.78 Å². The van der Waals surface area contributed by atoms with Gasteiger partial charge < -0.3 is 5.11 Å². The molecule has 0 aliphatic heterocycles. The Morgan fingerprint density at radius 3 is 2.12 bits per heavy atom. The summed E-state index contributed by atoms with van der Waals surface area (Å²) in [7, 11) is 0. The molecular weight excluding hydrogens is 233 g/mol. The summed E-state index contributed by atoms with van der Waals surface area (Å²) in [6, 6.07) is 0. The first-order valence-corrected chi connectivity index (χ1v) is 5.49. The monoisotopic (exact) mass is 252 g/mol. The highest BCUT2D eigenvalue weighted by Crippen LogP contribution is 2.42. The second-order valence-electron chi connectivity index (χ2n) is 5.05. The van der Waals surface area contributed by atoms with Crippen LogP contribution in [0.5, 0.6) is 0 Å². The van der Waals surface area contributed by atoms with Gasteiger partial charge in [0.25, 0.3) is 0 Å². The van der Waals surface area contributed by atoms with Crippen LogP contribution < -0.4 is 0 Å². The van der Waals surface area contributed by atoms with E-state index < -0.39 is 23.1 Å². The van der Waals surface area contributed by atoms with Gasteiger partial charge in [-0.3, -0.25) is 4.79 Å². The van der Waals surface area contributed by atoms with Gasteiger partial charge in [-0.25, -0.2) is 0 Å². The average molecular weight is 252 g/mol. The lowest BCUT2D eigenvalue weighted by Crippen LogP contribution is -2.34. The second-order valence-corrected chi connectivity index (χ2v) is 5.05. The van der Waals surface area contributed by atoms with E-state index in [4.69, 9.17) is 0 Å². The third kappa shape index (κ3) is 4.79. The molecule has 5 heteroatoms. The van der Waals surface area contributed by atoms with Gasteiger partial charge in [0.15, 0.2) is 5.78 Å². The number of halogens is 3. The molecule has 2 nitrogen and oxygen atoms in total. The van der Waals surface area contributed by atoms with Crippen molar-refractivity contribution < 1.29 is 23.1 Å². The maximum absolute atomic E-state index is 12.5. The average Bonchev–Trinajstić information content (AvgIpc) is 2.12. The number of aliphatic hydroxyl groups is 1. The second kappa shape index (κ2) is 5.56. The van der Waals surface area contributed by atoms with Crippen LogP contribution in [-0.4, -0.2) is 17.1 Å². The van der Waals surface area contributed by atoms with Crippen molar-refractivity contribution in [2.75, 3.05) is 0 Å². The fourth-order valence-electron chi connectivity index (χ4n) is 0.981. The summed E-state index contributed by atoms with van der Waals surface area (Å²) in [6.07, 6.45) is -3.15. The standard InChI is InChI=1S/C12H19F3O2/c1-8(2)5-6-9(16)7-10(17)11(3,4)12(13,14)15/h7-8,17H,5-6H2,1-4H3.